The number of hydrogen-bond acceptors (Lipinski definition) is 3. The molecule has 5 nitrogen and oxygen atoms in total. The number of sulfonamides is 1. The molecule has 0 aliphatic carbocycles. The van der Waals surface area contributed by atoms with Crippen molar-refractivity contribution in [2.45, 2.75) is 25.3 Å². The summed E-state index contributed by atoms with van der Waals surface area (Å²) in [6.07, 6.45) is 0. The van der Waals surface area contributed by atoms with Crippen LogP contribution in [-0.2, 0) is 21.4 Å². The Morgan fingerprint density at radius 1 is 1.06 bits per heavy atom. The summed E-state index contributed by atoms with van der Waals surface area (Å²) in [7, 11) is -4.11. The zero-order chi connectivity index (χ0) is 23.5. The normalized spacial score (nSPS) is 11.6. The molecule has 0 bridgehead atoms. The van der Waals surface area contributed by atoms with Crippen molar-refractivity contribution in [1.82, 2.24) is 4.31 Å². The minimum Gasteiger partial charge on any atom is -0.324 e. The Bertz CT molecular complexity index is 1230. The number of carbonyl (C=O) groups excluding carboxylic acids is 1. The Morgan fingerprint density at radius 2 is 1.66 bits per heavy atom. The minimum absolute atomic E-state index is 0.0398. The lowest BCUT2D eigenvalue weighted by Gasteiger charge is -2.23. The summed E-state index contributed by atoms with van der Waals surface area (Å²) in [6, 6.07) is 15.2. The van der Waals surface area contributed by atoms with Gasteiger partial charge >= 0.3 is 0 Å². The molecule has 0 unspecified atom stereocenters. The van der Waals surface area contributed by atoms with Gasteiger partial charge in [0.25, 0.3) is 0 Å². The maximum Gasteiger partial charge on any atom is 0.243 e. The standard InChI is InChI=1S/C23H21BrClFN2O3S/c1-15-11-18(24)12-16(2)23(15)27-22(29)14-28(13-17-5-3-4-6-21(17)26)32(30,31)20-9-7-19(25)8-10-20/h3-12H,13-14H2,1-2H3,(H,27,29). The van der Waals surface area contributed by atoms with E-state index < -0.39 is 28.3 Å². The van der Waals surface area contributed by atoms with E-state index in [9.17, 15) is 17.6 Å². The van der Waals surface area contributed by atoms with Crippen LogP contribution in [0.15, 0.2) is 70.0 Å². The molecule has 32 heavy (non-hydrogen) atoms. The van der Waals surface area contributed by atoms with Gasteiger partial charge in [0.15, 0.2) is 0 Å². The van der Waals surface area contributed by atoms with Crippen LogP contribution in [0.5, 0.6) is 0 Å². The number of rotatable bonds is 7. The van der Waals surface area contributed by atoms with Crippen LogP contribution in [0.25, 0.3) is 0 Å². The fraction of sp³-hybridized carbons (Fsp3) is 0.174. The van der Waals surface area contributed by atoms with Crippen LogP contribution >= 0.6 is 27.5 Å². The lowest BCUT2D eigenvalue weighted by atomic mass is 10.1. The number of halogens is 3. The van der Waals surface area contributed by atoms with Crippen molar-refractivity contribution in [3.63, 3.8) is 0 Å². The number of nitrogens with one attached hydrogen (secondary N) is 1. The number of hydrogen-bond donors (Lipinski definition) is 1. The molecule has 0 heterocycles. The van der Waals surface area contributed by atoms with Crippen molar-refractivity contribution in [3.8, 4) is 0 Å². The van der Waals surface area contributed by atoms with Crippen molar-refractivity contribution in [2.24, 2.45) is 0 Å². The molecule has 3 aromatic rings. The predicted molar refractivity (Wildman–Crippen MR) is 128 cm³/mol. The van der Waals surface area contributed by atoms with Gasteiger partial charge in [0, 0.05) is 27.3 Å². The second-order valence-electron chi connectivity index (χ2n) is 7.28. The largest absolute Gasteiger partial charge is 0.324 e. The minimum atomic E-state index is -4.11. The molecule has 3 aromatic carbocycles. The Morgan fingerprint density at radius 3 is 2.25 bits per heavy atom. The summed E-state index contributed by atoms with van der Waals surface area (Å²) in [5.41, 5.74) is 2.42. The molecule has 1 N–H and O–H groups in total. The van der Waals surface area contributed by atoms with E-state index in [0.29, 0.717) is 10.7 Å². The molecule has 9 heteroatoms. The highest BCUT2D eigenvalue weighted by Gasteiger charge is 2.28. The summed E-state index contributed by atoms with van der Waals surface area (Å²) in [4.78, 5) is 12.8. The second-order valence-corrected chi connectivity index (χ2v) is 10.6. The summed E-state index contributed by atoms with van der Waals surface area (Å²) in [5, 5.41) is 3.17. The first-order valence-electron chi connectivity index (χ1n) is 9.63. The van der Waals surface area contributed by atoms with E-state index in [1.54, 1.807) is 6.07 Å². The molecule has 0 aliphatic heterocycles. The summed E-state index contributed by atoms with van der Waals surface area (Å²) in [6.45, 7) is 2.89. The third-order valence-electron chi connectivity index (χ3n) is 4.84. The molecule has 0 radical (unpaired) electrons. The summed E-state index contributed by atoms with van der Waals surface area (Å²) < 4.78 is 42.7. The Kier molecular flexibility index (Phi) is 7.71. The van der Waals surface area contributed by atoms with E-state index in [-0.39, 0.29) is 17.0 Å². The van der Waals surface area contributed by atoms with E-state index in [1.165, 1.54) is 42.5 Å². The molecule has 1 amide bonds. The van der Waals surface area contributed by atoms with Gasteiger partial charge in [-0.1, -0.05) is 45.7 Å². The zero-order valence-electron chi connectivity index (χ0n) is 17.4. The van der Waals surface area contributed by atoms with Crippen molar-refractivity contribution >= 4 is 49.1 Å². The highest BCUT2D eigenvalue weighted by atomic mass is 79.9. The monoisotopic (exact) mass is 538 g/mol. The van der Waals surface area contributed by atoms with Crippen molar-refractivity contribution in [1.29, 1.82) is 0 Å². The Labute approximate surface area is 200 Å². The van der Waals surface area contributed by atoms with Gasteiger partial charge in [-0.15, -0.1) is 0 Å². The fourth-order valence-electron chi connectivity index (χ4n) is 3.25. The average molecular weight is 540 g/mol. The van der Waals surface area contributed by atoms with Gasteiger partial charge in [-0.2, -0.15) is 4.31 Å². The van der Waals surface area contributed by atoms with Crippen LogP contribution in [0.1, 0.15) is 16.7 Å². The van der Waals surface area contributed by atoms with Gasteiger partial charge in [0.05, 0.1) is 11.4 Å². The Hall–Kier alpha value is -2.26. The van der Waals surface area contributed by atoms with Crippen LogP contribution in [0.2, 0.25) is 5.02 Å². The molecule has 0 saturated carbocycles. The number of carbonyl (C=O) groups is 1. The zero-order valence-corrected chi connectivity index (χ0v) is 20.6. The summed E-state index contributed by atoms with van der Waals surface area (Å²) >= 11 is 9.29. The predicted octanol–water partition coefficient (Wildman–Crippen LogP) is 5.69. The van der Waals surface area contributed by atoms with Gasteiger partial charge in [-0.05, 0) is 67.4 Å². The van der Waals surface area contributed by atoms with Crippen LogP contribution < -0.4 is 5.32 Å². The molecule has 0 aromatic heterocycles. The third kappa shape index (κ3) is 5.75. The first-order chi connectivity index (χ1) is 15.1. The highest BCUT2D eigenvalue weighted by Crippen LogP contribution is 2.26. The van der Waals surface area contributed by atoms with E-state index in [0.717, 1.165) is 19.9 Å². The number of aryl methyl sites for hydroxylation is 2. The van der Waals surface area contributed by atoms with Gasteiger partial charge in [0.1, 0.15) is 5.82 Å². The molecule has 0 spiro atoms. The first kappa shape index (κ1) is 24.4. The molecule has 0 atom stereocenters. The molecular formula is C23H21BrClFN2O3S. The maximum absolute atomic E-state index is 14.3. The second kappa shape index (κ2) is 10.1. The van der Waals surface area contributed by atoms with Crippen molar-refractivity contribution in [3.05, 3.63) is 92.7 Å². The quantitative estimate of drug-likeness (QED) is 0.420. The molecular weight excluding hydrogens is 519 g/mol. The molecule has 168 valence electrons. The third-order valence-corrected chi connectivity index (χ3v) is 7.35. The SMILES string of the molecule is Cc1cc(Br)cc(C)c1NC(=O)CN(Cc1ccccc1F)S(=O)(=O)c1ccc(Cl)cc1. The highest BCUT2D eigenvalue weighted by molar-refractivity contribution is 9.10. The van der Waals surface area contributed by atoms with Crippen molar-refractivity contribution in [2.75, 3.05) is 11.9 Å². The van der Waals surface area contributed by atoms with Crippen LogP contribution in [0, 0.1) is 19.7 Å². The lowest BCUT2D eigenvalue weighted by Crippen LogP contribution is -2.38. The van der Waals surface area contributed by atoms with Crippen LogP contribution in [0.3, 0.4) is 0 Å². The van der Waals surface area contributed by atoms with Gasteiger partial charge < -0.3 is 5.32 Å². The van der Waals surface area contributed by atoms with Crippen LogP contribution in [-0.4, -0.2) is 25.2 Å². The smallest absolute Gasteiger partial charge is 0.243 e. The van der Waals surface area contributed by atoms with Gasteiger partial charge in [-0.3, -0.25) is 4.79 Å². The van der Waals surface area contributed by atoms with E-state index in [1.807, 2.05) is 26.0 Å². The number of amides is 1. The number of benzene rings is 3. The topological polar surface area (TPSA) is 66.5 Å². The number of nitrogens with zero attached hydrogens (tertiary/aromatic N) is 1. The molecule has 0 fully saturated rings. The van der Waals surface area contributed by atoms with Crippen LogP contribution in [0.4, 0.5) is 10.1 Å². The first-order valence-corrected chi connectivity index (χ1v) is 12.2. The Balaban J connectivity index is 1.93. The van der Waals surface area contributed by atoms with Crippen molar-refractivity contribution < 1.29 is 17.6 Å². The molecule has 0 aliphatic rings. The van der Waals surface area contributed by atoms with E-state index in [4.69, 9.17) is 11.6 Å². The summed E-state index contributed by atoms with van der Waals surface area (Å²) in [5.74, 6) is -1.09. The molecule has 0 saturated heterocycles. The van der Waals surface area contributed by atoms with Gasteiger partial charge in [-0.25, -0.2) is 12.8 Å². The fourth-order valence-corrected chi connectivity index (χ4v) is 5.43. The lowest BCUT2D eigenvalue weighted by molar-refractivity contribution is -0.116. The maximum atomic E-state index is 14.3. The molecule has 3 rings (SSSR count). The van der Waals surface area contributed by atoms with E-state index >= 15 is 0 Å². The van der Waals surface area contributed by atoms with E-state index in [2.05, 4.69) is 21.2 Å². The average Bonchev–Trinajstić information content (AvgIpc) is 2.72. The van der Waals surface area contributed by atoms with Gasteiger partial charge in [0.2, 0.25) is 15.9 Å². The number of anilines is 1.